The van der Waals surface area contributed by atoms with Crippen molar-refractivity contribution in [2.24, 2.45) is 5.73 Å². The maximum Gasteiger partial charge on any atom is 0.287 e. The summed E-state index contributed by atoms with van der Waals surface area (Å²) in [6, 6.07) is 5.09. The molecule has 0 aliphatic heterocycles. The minimum atomic E-state index is -3.35. The van der Waals surface area contributed by atoms with E-state index < -0.39 is 31.0 Å². The standard InChI is InChI=1S/C12H16F2N2O3/c13-12(14,7-17)6-16-11(19)10(15)5-8-1-3-9(18)4-2-8/h1-4,10,17-18H,5-7,15H2,(H,16,19)/t10-/m1/s1. The summed E-state index contributed by atoms with van der Waals surface area (Å²) in [4.78, 5) is 11.5. The van der Waals surface area contributed by atoms with E-state index in [1.54, 1.807) is 12.1 Å². The Kier molecular flexibility index (Phi) is 5.20. The van der Waals surface area contributed by atoms with Crippen LogP contribution in [0.2, 0.25) is 0 Å². The van der Waals surface area contributed by atoms with E-state index in [2.05, 4.69) is 0 Å². The lowest BCUT2D eigenvalue weighted by molar-refractivity contribution is -0.125. The van der Waals surface area contributed by atoms with Crippen LogP contribution in [0.25, 0.3) is 0 Å². The molecule has 0 saturated carbocycles. The van der Waals surface area contributed by atoms with Gasteiger partial charge in [0.1, 0.15) is 12.4 Å². The number of aliphatic hydroxyl groups excluding tert-OH is 1. The zero-order valence-corrected chi connectivity index (χ0v) is 10.1. The predicted octanol–water partition coefficient (Wildman–Crippen LogP) is 0.00580. The Labute approximate surface area is 109 Å². The summed E-state index contributed by atoms with van der Waals surface area (Å²) in [5, 5.41) is 19.4. The molecule has 106 valence electrons. The van der Waals surface area contributed by atoms with Crippen LogP contribution in [0.15, 0.2) is 24.3 Å². The second kappa shape index (κ2) is 6.44. The fourth-order valence-electron chi connectivity index (χ4n) is 1.38. The van der Waals surface area contributed by atoms with Crippen molar-refractivity contribution in [2.45, 2.75) is 18.4 Å². The highest BCUT2D eigenvalue weighted by Gasteiger charge is 2.29. The maximum atomic E-state index is 12.7. The first-order valence-electron chi connectivity index (χ1n) is 5.64. The van der Waals surface area contributed by atoms with E-state index in [1.807, 2.05) is 5.32 Å². The Bertz CT molecular complexity index is 423. The third kappa shape index (κ3) is 5.19. The number of nitrogens with two attached hydrogens (primary N) is 1. The molecule has 0 fully saturated rings. The number of phenolic OH excluding ortho intramolecular Hbond substituents is 1. The molecule has 1 rings (SSSR count). The highest BCUT2D eigenvalue weighted by molar-refractivity contribution is 5.81. The van der Waals surface area contributed by atoms with E-state index in [9.17, 15) is 13.6 Å². The van der Waals surface area contributed by atoms with Gasteiger partial charge in [0.05, 0.1) is 12.6 Å². The van der Waals surface area contributed by atoms with Gasteiger partial charge < -0.3 is 21.3 Å². The van der Waals surface area contributed by atoms with Gasteiger partial charge in [0.15, 0.2) is 0 Å². The van der Waals surface area contributed by atoms with E-state index in [4.69, 9.17) is 15.9 Å². The third-order valence-corrected chi connectivity index (χ3v) is 2.48. The fraction of sp³-hybridized carbons (Fsp3) is 0.417. The summed E-state index contributed by atoms with van der Waals surface area (Å²) in [5.41, 5.74) is 6.28. The van der Waals surface area contributed by atoms with Crippen LogP contribution in [-0.4, -0.2) is 41.2 Å². The second-order valence-electron chi connectivity index (χ2n) is 4.21. The van der Waals surface area contributed by atoms with Crippen molar-refractivity contribution in [1.82, 2.24) is 5.32 Å². The van der Waals surface area contributed by atoms with Crippen molar-refractivity contribution < 1.29 is 23.8 Å². The molecule has 0 radical (unpaired) electrons. The molecule has 0 spiro atoms. The number of rotatable bonds is 6. The monoisotopic (exact) mass is 274 g/mol. The first kappa shape index (κ1) is 15.3. The van der Waals surface area contributed by atoms with E-state index >= 15 is 0 Å². The van der Waals surface area contributed by atoms with Gasteiger partial charge in [-0.1, -0.05) is 12.1 Å². The Morgan fingerprint density at radius 2 is 1.95 bits per heavy atom. The molecule has 0 heterocycles. The summed E-state index contributed by atoms with van der Waals surface area (Å²) in [5.74, 6) is -3.99. The third-order valence-electron chi connectivity index (χ3n) is 2.48. The lowest BCUT2D eigenvalue weighted by atomic mass is 10.1. The Hall–Kier alpha value is -1.73. The van der Waals surface area contributed by atoms with Crippen molar-refractivity contribution in [3.63, 3.8) is 0 Å². The number of carbonyl (C=O) groups excluding carboxylic acids is 1. The van der Waals surface area contributed by atoms with Crippen LogP contribution in [0.5, 0.6) is 5.75 Å². The highest BCUT2D eigenvalue weighted by atomic mass is 19.3. The normalized spacial score (nSPS) is 13.1. The van der Waals surface area contributed by atoms with Gasteiger partial charge in [0.2, 0.25) is 5.91 Å². The van der Waals surface area contributed by atoms with Crippen molar-refractivity contribution in [3.05, 3.63) is 29.8 Å². The van der Waals surface area contributed by atoms with Gasteiger partial charge in [-0.15, -0.1) is 0 Å². The molecule has 1 amide bonds. The molecule has 0 aromatic heterocycles. The Morgan fingerprint density at radius 1 is 1.37 bits per heavy atom. The first-order chi connectivity index (χ1) is 8.84. The van der Waals surface area contributed by atoms with E-state index in [1.165, 1.54) is 12.1 Å². The summed E-state index contributed by atoms with van der Waals surface area (Å²) < 4.78 is 25.4. The number of phenols is 1. The molecular formula is C12H16F2N2O3. The number of hydrogen-bond acceptors (Lipinski definition) is 4. The van der Waals surface area contributed by atoms with Crippen LogP contribution >= 0.6 is 0 Å². The zero-order valence-electron chi connectivity index (χ0n) is 10.1. The van der Waals surface area contributed by atoms with Crippen LogP contribution in [0.3, 0.4) is 0 Å². The number of carbonyl (C=O) groups is 1. The van der Waals surface area contributed by atoms with Gasteiger partial charge in [-0.05, 0) is 24.1 Å². The van der Waals surface area contributed by atoms with Gasteiger partial charge in [0, 0.05) is 0 Å². The molecular weight excluding hydrogens is 258 g/mol. The number of nitrogens with one attached hydrogen (secondary N) is 1. The van der Waals surface area contributed by atoms with Crippen molar-refractivity contribution in [2.75, 3.05) is 13.2 Å². The summed E-state index contributed by atoms with van der Waals surface area (Å²) in [7, 11) is 0. The lowest BCUT2D eigenvalue weighted by Gasteiger charge is -2.16. The second-order valence-corrected chi connectivity index (χ2v) is 4.21. The van der Waals surface area contributed by atoms with Crippen LogP contribution in [-0.2, 0) is 11.2 Å². The molecule has 5 nitrogen and oxygen atoms in total. The molecule has 1 aromatic rings. The molecule has 0 saturated heterocycles. The SMILES string of the molecule is N[C@H](Cc1ccc(O)cc1)C(=O)NCC(F)(F)CO. The molecule has 1 aromatic carbocycles. The van der Waals surface area contributed by atoms with Crippen molar-refractivity contribution in [3.8, 4) is 5.75 Å². The lowest BCUT2D eigenvalue weighted by Crippen LogP contribution is -2.47. The smallest absolute Gasteiger partial charge is 0.287 e. The minimum Gasteiger partial charge on any atom is -0.508 e. The van der Waals surface area contributed by atoms with Crippen LogP contribution in [0.4, 0.5) is 8.78 Å². The summed E-state index contributed by atoms with van der Waals surface area (Å²) in [6.07, 6.45) is 0.164. The fourth-order valence-corrected chi connectivity index (χ4v) is 1.38. The number of hydrogen-bond donors (Lipinski definition) is 4. The van der Waals surface area contributed by atoms with Crippen LogP contribution in [0.1, 0.15) is 5.56 Å². The minimum absolute atomic E-state index is 0.0874. The molecule has 0 unspecified atom stereocenters. The Morgan fingerprint density at radius 3 is 2.47 bits per heavy atom. The number of aromatic hydroxyl groups is 1. The summed E-state index contributed by atoms with van der Waals surface area (Å²) >= 11 is 0. The number of halogens is 2. The largest absolute Gasteiger partial charge is 0.508 e. The van der Waals surface area contributed by atoms with E-state index in [0.717, 1.165) is 0 Å². The number of benzene rings is 1. The van der Waals surface area contributed by atoms with Gasteiger partial charge in [0.25, 0.3) is 5.92 Å². The average Bonchev–Trinajstić information content (AvgIpc) is 2.38. The highest BCUT2D eigenvalue weighted by Crippen LogP contribution is 2.12. The predicted molar refractivity (Wildman–Crippen MR) is 64.8 cm³/mol. The molecule has 0 bridgehead atoms. The first-order valence-corrected chi connectivity index (χ1v) is 5.64. The zero-order chi connectivity index (χ0) is 14.5. The number of aliphatic hydroxyl groups is 1. The summed E-state index contributed by atoms with van der Waals surface area (Å²) in [6.45, 7) is -2.29. The number of amides is 1. The van der Waals surface area contributed by atoms with Crippen LogP contribution < -0.4 is 11.1 Å². The quantitative estimate of drug-likeness (QED) is 0.587. The van der Waals surface area contributed by atoms with E-state index in [-0.39, 0.29) is 12.2 Å². The molecule has 19 heavy (non-hydrogen) atoms. The average molecular weight is 274 g/mol. The molecule has 1 atom stereocenters. The topological polar surface area (TPSA) is 95.6 Å². The van der Waals surface area contributed by atoms with Gasteiger partial charge >= 0.3 is 0 Å². The molecule has 7 heteroatoms. The van der Waals surface area contributed by atoms with Crippen LogP contribution in [0, 0.1) is 0 Å². The maximum absolute atomic E-state index is 12.7. The number of alkyl halides is 2. The molecule has 5 N–H and O–H groups in total. The Balaban J connectivity index is 2.47. The van der Waals surface area contributed by atoms with Crippen molar-refractivity contribution >= 4 is 5.91 Å². The van der Waals surface area contributed by atoms with Gasteiger partial charge in [-0.2, -0.15) is 0 Å². The molecule has 0 aliphatic rings. The van der Waals surface area contributed by atoms with Gasteiger partial charge in [-0.25, -0.2) is 8.78 Å². The van der Waals surface area contributed by atoms with Crippen molar-refractivity contribution in [1.29, 1.82) is 0 Å². The molecule has 0 aliphatic carbocycles. The van der Waals surface area contributed by atoms with Gasteiger partial charge in [-0.3, -0.25) is 4.79 Å². The van der Waals surface area contributed by atoms with E-state index in [0.29, 0.717) is 5.56 Å².